The molecular weight excluding hydrogens is 432 g/mol. The van der Waals surface area contributed by atoms with Gasteiger partial charge in [0.15, 0.2) is 0 Å². The van der Waals surface area contributed by atoms with Gasteiger partial charge in [0, 0.05) is 18.8 Å². The molecule has 0 fully saturated rings. The highest BCUT2D eigenvalue weighted by Gasteiger charge is 2.24. The molecule has 1 amide bonds. The summed E-state index contributed by atoms with van der Waals surface area (Å²) in [5.41, 5.74) is 3.46. The molecule has 1 N–H and O–H groups in total. The number of fused-ring (bicyclic) bond motifs is 1. The lowest BCUT2D eigenvalue weighted by Gasteiger charge is -2.29. The number of nitrogens with one attached hydrogen (secondary N) is 1. The van der Waals surface area contributed by atoms with E-state index in [2.05, 4.69) is 4.72 Å². The first-order valence-electron chi connectivity index (χ1n) is 10.1. The van der Waals surface area contributed by atoms with Gasteiger partial charge in [-0.15, -0.1) is 11.3 Å². The Hall–Kier alpha value is -2.84. The fraction of sp³-hybridized carbons (Fsp3) is 0.261. The van der Waals surface area contributed by atoms with E-state index < -0.39 is 10.0 Å². The predicted octanol–water partition coefficient (Wildman–Crippen LogP) is 4.32. The van der Waals surface area contributed by atoms with Crippen LogP contribution in [-0.4, -0.2) is 32.9 Å². The molecule has 0 bridgehead atoms. The first-order valence-corrected chi connectivity index (χ1v) is 12.4. The van der Waals surface area contributed by atoms with Crippen molar-refractivity contribution < 1.29 is 17.9 Å². The molecule has 0 saturated heterocycles. The second kappa shape index (κ2) is 8.72. The van der Waals surface area contributed by atoms with Gasteiger partial charge in [-0.05, 0) is 65.2 Å². The maximum atomic E-state index is 13.1. The van der Waals surface area contributed by atoms with Crippen molar-refractivity contribution in [1.29, 1.82) is 0 Å². The first-order chi connectivity index (χ1) is 14.9. The van der Waals surface area contributed by atoms with Gasteiger partial charge < -0.3 is 9.64 Å². The van der Waals surface area contributed by atoms with Crippen LogP contribution in [0.5, 0.6) is 5.75 Å². The van der Waals surface area contributed by atoms with Crippen LogP contribution in [0.3, 0.4) is 0 Å². The number of hydrogen-bond acceptors (Lipinski definition) is 5. The second-order valence-electron chi connectivity index (χ2n) is 7.38. The molecule has 162 valence electrons. The van der Waals surface area contributed by atoms with E-state index in [1.165, 1.54) is 18.4 Å². The normalized spacial score (nSPS) is 13.5. The molecule has 8 heteroatoms. The van der Waals surface area contributed by atoms with Crippen molar-refractivity contribution in [2.24, 2.45) is 0 Å². The molecular formula is C23H24N2O4S2. The van der Waals surface area contributed by atoms with Crippen LogP contribution < -0.4 is 9.46 Å². The molecule has 1 aliphatic rings. The highest BCUT2D eigenvalue weighted by molar-refractivity contribution is 7.92. The lowest BCUT2D eigenvalue weighted by Crippen LogP contribution is -2.35. The zero-order valence-electron chi connectivity index (χ0n) is 17.4. The third-order valence-electron chi connectivity index (χ3n) is 5.42. The molecule has 6 nitrogen and oxygen atoms in total. The van der Waals surface area contributed by atoms with Crippen molar-refractivity contribution in [3.05, 3.63) is 75.5 Å². The van der Waals surface area contributed by atoms with Crippen LogP contribution in [0.25, 0.3) is 0 Å². The Morgan fingerprint density at radius 3 is 2.71 bits per heavy atom. The number of methoxy groups -OCH3 is 1. The van der Waals surface area contributed by atoms with Crippen LogP contribution in [0, 0.1) is 0 Å². The van der Waals surface area contributed by atoms with Gasteiger partial charge in [0.25, 0.3) is 15.9 Å². The molecule has 0 radical (unpaired) electrons. The molecule has 1 aromatic heterocycles. The molecule has 31 heavy (non-hydrogen) atoms. The summed E-state index contributed by atoms with van der Waals surface area (Å²) in [6, 6.07) is 14.4. The number of aryl methyl sites for hydroxylation is 1. The Morgan fingerprint density at radius 1 is 1.16 bits per heavy atom. The van der Waals surface area contributed by atoms with Crippen molar-refractivity contribution >= 4 is 33.0 Å². The van der Waals surface area contributed by atoms with Crippen LogP contribution in [0.15, 0.2) is 58.8 Å². The van der Waals surface area contributed by atoms with E-state index in [0.717, 1.165) is 29.5 Å². The van der Waals surface area contributed by atoms with E-state index in [1.807, 2.05) is 42.6 Å². The number of hydrogen-bond donors (Lipinski definition) is 1. The van der Waals surface area contributed by atoms with Gasteiger partial charge in [-0.2, -0.15) is 0 Å². The van der Waals surface area contributed by atoms with Crippen LogP contribution in [-0.2, 0) is 29.4 Å². The molecule has 3 aromatic rings. The van der Waals surface area contributed by atoms with Gasteiger partial charge in [-0.25, -0.2) is 8.42 Å². The summed E-state index contributed by atoms with van der Waals surface area (Å²) < 4.78 is 34.1. The van der Waals surface area contributed by atoms with Crippen molar-refractivity contribution in [1.82, 2.24) is 4.90 Å². The van der Waals surface area contributed by atoms with Gasteiger partial charge in [-0.1, -0.05) is 25.1 Å². The summed E-state index contributed by atoms with van der Waals surface area (Å²) in [7, 11) is -2.38. The Morgan fingerprint density at radius 2 is 2.00 bits per heavy atom. The van der Waals surface area contributed by atoms with E-state index in [9.17, 15) is 13.2 Å². The first kappa shape index (κ1) is 21.4. The molecule has 0 spiro atoms. The maximum Gasteiger partial charge on any atom is 0.265 e. The number of ether oxygens (including phenoxy) is 1. The highest BCUT2D eigenvalue weighted by atomic mass is 32.2. The van der Waals surface area contributed by atoms with Crippen LogP contribution in [0.4, 0.5) is 5.69 Å². The van der Waals surface area contributed by atoms with Gasteiger partial charge in [0.05, 0.1) is 12.0 Å². The third-order valence-corrected chi connectivity index (χ3v) is 7.68. The van der Waals surface area contributed by atoms with Gasteiger partial charge in [-0.3, -0.25) is 9.52 Å². The Labute approximate surface area is 186 Å². The number of carbonyl (C=O) groups is 1. The highest BCUT2D eigenvalue weighted by Crippen LogP contribution is 2.29. The standard InChI is InChI=1S/C23H24N2O4S2/c1-3-16-6-9-20(29-2)22(13-16)31(27,28)24-19-8-7-17-10-11-25(15-18(17)14-19)23(26)21-5-4-12-30-21/h4-9,12-14,24H,3,10-11,15H2,1-2H3. The number of benzene rings is 2. The van der Waals surface area contributed by atoms with Crippen LogP contribution in [0.2, 0.25) is 0 Å². The van der Waals surface area contributed by atoms with Crippen molar-refractivity contribution in [2.75, 3.05) is 18.4 Å². The Bertz CT molecular complexity index is 1200. The molecule has 0 atom stereocenters. The number of anilines is 1. The number of thiophene rings is 1. The molecule has 0 aliphatic carbocycles. The lowest BCUT2D eigenvalue weighted by molar-refractivity contribution is 0.0739. The molecule has 2 aromatic carbocycles. The molecule has 2 heterocycles. The fourth-order valence-electron chi connectivity index (χ4n) is 3.71. The van der Waals surface area contributed by atoms with Crippen molar-refractivity contribution in [2.45, 2.75) is 31.2 Å². The summed E-state index contributed by atoms with van der Waals surface area (Å²) in [6.07, 6.45) is 1.46. The summed E-state index contributed by atoms with van der Waals surface area (Å²) in [4.78, 5) is 15.3. The summed E-state index contributed by atoms with van der Waals surface area (Å²) in [5, 5.41) is 1.89. The number of sulfonamides is 1. The fourth-order valence-corrected chi connectivity index (χ4v) is 5.67. The van der Waals surface area contributed by atoms with E-state index in [-0.39, 0.29) is 10.8 Å². The molecule has 1 aliphatic heterocycles. The topological polar surface area (TPSA) is 75.7 Å². The number of amides is 1. The minimum absolute atomic E-state index is 0.00718. The number of carbonyl (C=O) groups excluding carboxylic acids is 1. The van der Waals surface area contributed by atoms with Crippen LogP contribution >= 0.6 is 11.3 Å². The lowest BCUT2D eigenvalue weighted by atomic mass is 9.99. The van der Waals surface area contributed by atoms with Crippen LogP contribution in [0.1, 0.15) is 33.3 Å². The van der Waals surface area contributed by atoms with Gasteiger partial charge >= 0.3 is 0 Å². The zero-order valence-corrected chi connectivity index (χ0v) is 19.1. The van der Waals surface area contributed by atoms with Gasteiger partial charge in [0.1, 0.15) is 10.6 Å². The average Bonchev–Trinajstić information content (AvgIpc) is 3.32. The number of nitrogens with zero attached hydrogens (tertiary/aromatic N) is 1. The van der Waals surface area contributed by atoms with E-state index in [4.69, 9.17) is 4.74 Å². The maximum absolute atomic E-state index is 13.1. The number of rotatable bonds is 6. The largest absolute Gasteiger partial charge is 0.495 e. The molecule has 4 rings (SSSR count). The van der Waals surface area contributed by atoms with E-state index >= 15 is 0 Å². The summed E-state index contributed by atoms with van der Waals surface area (Å²) in [5.74, 6) is 0.308. The third kappa shape index (κ3) is 4.45. The minimum Gasteiger partial charge on any atom is -0.495 e. The summed E-state index contributed by atoms with van der Waals surface area (Å²) >= 11 is 1.43. The van der Waals surface area contributed by atoms with E-state index in [0.29, 0.717) is 29.4 Å². The van der Waals surface area contributed by atoms with Gasteiger partial charge in [0.2, 0.25) is 0 Å². The minimum atomic E-state index is -3.83. The quantitative estimate of drug-likeness (QED) is 0.599. The monoisotopic (exact) mass is 456 g/mol. The molecule has 0 unspecified atom stereocenters. The Kier molecular flexibility index (Phi) is 6.02. The zero-order chi connectivity index (χ0) is 22.0. The smallest absolute Gasteiger partial charge is 0.265 e. The average molecular weight is 457 g/mol. The second-order valence-corrected chi connectivity index (χ2v) is 9.98. The van der Waals surface area contributed by atoms with Crippen molar-refractivity contribution in [3.8, 4) is 5.75 Å². The van der Waals surface area contributed by atoms with Crippen molar-refractivity contribution in [3.63, 3.8) is 0 Å². The Balaban J connectivity index is 1.59. The molecule has 0 saturated carbocycles. The summed E-state index contributed by atoms with van der Waals surface area (Å²) in [6.45, 7) is 3.07. The predicted molar refractivity (Wildman–Crippen MR) is 122 cm³/mol. The van der Waals surface area contributed by atoms with E-state index in [1.54, 1.807) is 23.1 Å². The SMILES string of the molecule is CCc1ccc(OC)c(S(=O)(=O)Nc2ccc3c(c2)CN(C(=O)c2cccs2)CC3)c1.